The molecular formula is C13H17F3N2O. The summed E-state index contributed by atoms with van der Waals surface area (Å²) in [6, 6.07) is 1.38. The summed E-state index contributed by atoms with van der Waals surface area (Å²) in [7, 11) is 3.89. The topological polar surface area (TPSA) is 32.3 Å². The summed E-state index contributed by atoms with van der Waals surface area (Å²) in [6.07, 6.45) is 1.66. The Hall–Kier alpha value is -1.56. The molecule has 0 aromatic heterocycles. The maximum absolute atomic E-state index is 12.9. The number of amides is 1. The van der Waals surface area contributed by atoms with Gasteiger partial charge in [0.15, 0.2) is 17.5 Å². The van der Waals surface area contributed by atoms with Crippen LogP contribution in [0.2, 0.25) is 0 Å². The summed E-state index contributed by atoms with van der Waals surface area (Å²) in [5, 5.41) is 2.53. The third kappa shape index (κ3) is 4.90. The van der Waals surface area contributed by atoms with Crippen LogP contribution in [0.5, 0.6) is 0 Å². The van der Waals surface area contributed by atoms with Crippen molar-refractivity contribution >= 4 is 5.91 Å². The molecule has 1 N–H and O–H groups in total. The van der Waals surface area contributed by atoms with E-state index in [1.807, 2.05) is 19.0 Å². The largest absolute Gasteiger partial charge is 0.352 e. The first-order valence-corrected chi connectivity index (χ1v) is 5.99. The molecule has 0 aliphatic carbocycles. The molecular weight excluding hydrogens is 257 g/mol. The maximum Gasteiger partial charge on any atom is 0.251 e. The molecule has 1 aromatic carbocycles. The van der Waals surface area contributed by atoms with Gasteiger partial charge in [-0.1, -0.05) is 0 Å². The van der Waals surface area contributed by atoms with Crippen LogP contribution in [0, 0.1) is 17.5 Å². The van der Waals surface area contributed by atoms with Crippen molar-refractivity contribution in [2.24, 2.45) is 0 Å². The molecule has 0 heterocycles. The summed E-state index contributed by atoms with van der Waals surface area (Å²) in [4.78, 5) is 13.6. The first-order valence-electron chi connectivity index (χ1n) is 5.99. The molecule has 19 heavy (non-hydrogen) atoms. The van der Waals surface area contributed by atoms with E-state index in [0.29, 0.717) is 18.7 Å². The lowest BCUT2D eigenvalue weighted by Crippen LogP contribution is -2.25. The molecule has 0 saturated heterocycles. The Balaban J connectivity index is 2.46. The zero-order valence-corrected chi connectivity index (χ0v) is 11.0. The summed E-state index contributed by atoms with van der Waals surface area (Å²) in [6.45, 7) is 1.31. The van der Waals surface area contributed by atoms with Gasteiger partial charge >= 0.3 is 0 Å². The third-order valence-electron chi connectivity index (χ3n) is 2.56. The SMILES string of the molecule is CN(C)CCCCNC(=O)c1cc(F)c(F)c(F)c1. The Morgan fingerprint density at radius 1 is 1.16 bits per heavy atom. The number of carbonyl (C=O) groups excluding carboxylic acids is 1. The molecule has 1 amide bonds. The highest BCUT2D eigenvalue weighted by atomic mass is 19.2. The van der Waals surface area contributed by atoms with Crippen LogP contribution in [0.4, 0.5) is 13.2 Å². The van der Waals surface area contributed by atoms with Crippen molar-refractivity contribution in [1.82, 2.24) is 10.2 Å². The van der Waals surface area contributed by atoms with Crippen LogP contribution in [0.3, 0.4) is 0 Å². The van der Waals surface area contributed by atoms with Crippen LogP contribution in [-0.4, -0.2) is 38.0 Å². The van der Waals surface area contributed by atoms with E-state index in [4.69, 9.17) is 0 Å². The third-order valence-corrected chi connectivity index (χ3v) is 2.56. The van der Waals surface area contributed by atoms with Gasteiger partial charge in [0.1, 0.15) is 0 Å². The lowest BCUT2D eigenvalue weighted by Gasteiger charge is -2.09. The van der Waals surface area contributed by atoms with E-state index < -0.39 is 23.4 Å². The number of unbranched alkanes of at least 4 members (excludes halogenated alkanes) is 1. The van der Waals surface area contributed by atoms with Gasteiger partial charge in [-0.3, -0.25) is 4.79 Å². The molecule has 0 fully saturated rings. The van der Waals surface area contributed by atoms with Gasteiger partial charge in [-0.2, -0.15) is 0 Å². The Labute approximate surface area is 110 Å². The van der Waals surface area contributed by atoms with Crippen molar-refractivity contribution in [2.75, 3.05) is 27.2 Å². The van der Waals surface area contributed by atoms with Crippen molar-refractivity contribution in [3.8, 4) is 0 Å². The highest BCUT2D eigenvalue weighted by molar-refractivity contribution is 5.94. The van der Waals surface area contributed by atoms with E-state index in [0.717, 1.165) is 19.4 Å². The fourth-order valence-corrected chi connectivity index (χ4v) is 1.54. The summed E-state index contributed by atoms with van der Waals surface area (Å²) in [5.74, 6) is -4.90. The lowest BCUT2D eigenvalue weighted by molar-refractivity contribution is 0.0951. The molecule has 0 bridgehead atoms. The van der Waals surface area contributed by atoms with Crippen LogP contribution in [0.15, 0.2) is 12.1 Å². The number of halogens is 3. The number of hydrogen-bond acceptors (Lipinski definition) is 2. The summed E-state index contributed by atoms with van der Waals surface area (Å²) < 4.78 is 38.6. The zero-order chi connectivity index (χ0) is 14.4. The van der Waals surface area contributed by atoms with Crippen molar-refractivity contribution in [3.05, 3.63) is 35.1 Å². The molecule has 3 nitrogen and oxygen atoms in total. The average Bonchev–Trinajstić information content (AvgIpc) is 2.34. The Morgan fingerprint density at radius 2 is 1.74 bits per heavy atom. The number of rotatable bonds is 6. The van der Waals surface area contributed by atoms with Gasteiger partial charge < -0.3 is 10.2 Å². The monoisotopic (exact) mass is 274 g/mol. The highest BCUT2D eigenvalue weighted by Gasteiger charge is 2.14. The van der Waals surface area contributed by atoms with E-state index in [1.165, 1.54) is 0 Å². The summed E-state index contributed by atoms with van der Waals surface area (Å²) >= 11 is 0. The molecule has 1 aromatic rings. The van der Waals surface area contributed by atoms with Gasteiger partial charge in [-0.05, 0) is 45.6 Å². The predicted octanol–water partition coefficient (Wildman–Crippen LogP) is 2.18. The molecule has 0 unspecified atom stereocenters. The predicted molar refractivity (Wildman–Crippen MR) is 66.4 cm³/mol. The van der Waals surface area contributed by atoms with Gasteiger partial charge in [0.25, 0.3) is 5.91 Å². The van der Waals surface area contributed by atoms with Crippen LogP contribution >= 0.6 is 0 Å². The fourth-order valence-electron chi connectivity index (χ4n) is 1.54. The van der Waals surface area contributed by atoms with Gasteiger partial charge in [0.2, 0.25) is 0 Å². The number of benzene rings is 1. The van der Waals surface area contributed by atoms with Gasteiger partial charge in [0, 0.05) is 12.1 Å². The van der Waals surface area contributed by atoms with E-state index in [-0.39, 0.29) is 5.56 Å². The van der Waals surface area contributed by atoms with Gasteiger partial charge in [-0.15, -0.1) is 0 Å². The van der Waals surface area contributed by atoms with Crippen molar-refractivity contribution in [1.29, 1.82) is 0 Å². The summed E-state index contributed by atoms with van der Waals surface area (Å²) in [5.41, 5.74) is -0.219. The normalized spacial score (nSPS) is 10.8. The van der Waals surface area contributed by atoms with Crippen LogP contribution in [-0.2, 0) is 0 Å². The lowest BCUT2D eigenvalue weighted by atomic mass is 10.2. The standard InChI is InChI=1S/C13H17F3N2O/c1-18(2)6-4-3-5-17-13(19)9-7-10(14)12(16)11(15)8-9/h7-8H,3-6H2,1-2H3,(H,17,19). The van der Waals surface area contributed by atoms with E-state index in [2.05, 4.69) is 5.32 Å². The molecule has 0 spiro atoms. The number of carbonyl (C=O) groups is 1. The first kappa shape index (κ1) is 15.5. The Bertz CT molecular complexity index is 427. The molecule has 0 saturated carbocycles. The number of hydrogen-bond donors (Lipinski definition) is 1. The Morgan fingerprint density at radius 3 is 2.26 bits per heavy atom. The molecule has 0 aliphatic rings. The fraction of sp³-hybridized carbons (Fsp3) is 0.462. The van der Waals surface area contributed by atoms with E-state index >= 15 is 0 Å². The second-order valence-electron chi connectivity index (χ2n) is 4.52. The van der Waals surface area contributed by atoms with Crippen LogP contribution in [0.1, 0.15) is 23.2 Å². The zero-order valence-electron chi connectivity index (χ0n) is 11.0. The maximum atomic E-state index is 12.9. The van der Waals surface area contributed by atoms with Crippen molar-refractivity contribution < 1.29 is 18.0 Å². The molecule has 6 heteroatoms. The molecule has 0 aliphatic heterocycles. The molecule has 0 radical (unpaired) electrons. The van der Waals surface area contributed by atoms with Crippen molar-refractivity contribution in [2.45, 2.75) is 12.8 Å². The van der Waals surface area contributed by atoms with Crippen LogP contribution < -0.4 is 5.32 Å². The first-order chi connectivity index (χ1) is 8.91. The van der Waals surface area contributed by atoms with Crippen molar-refractivity contribution in [3.63, 3.8) is 0 Å². The minimum Gasteiger partial charge on any atom is -0.352 e. The minimum absolute atomic E-state index is 0.219. The van der Waals surface area contributed by atoms with E-state index in [9.17, 15) is 18.0 Å². The molecule has 106 valence electrons. The second-order valence-corrected chi connectivity index (χ2v) is 4.52. The number of nitrogens with zero attached hydrogens (tertiary/aromatic N) is 1. The highest BCUT2D eigenvalue weighted by Crippen LogP contribution is 2.13. The van der Waals surface area contributed by atoms with Crippen LogP contribution in [0.25, 0.3) is 0 Å². The van der Waals surface area contributed by atoms with Gasteiger partial charge in [-0.25, -0.2) is 13.2 Å². The quantitative estimate of drug-likeness (QED) is 0.637. The molecule has 1 rings (SSSR count). The van der Waals surface area contributed by atoms with E-state index in [1.54, 1.807) is 0 Å². The second kappa shape index (κ2) is 7.13. The number of nitrogens with one attached hydrogen (secondary N) is 1. The van der Waals surface area contributed by atoms with Gasteiger partial charge in [0.05, 0.1) is 0 Å². The average molecular weight is 274 g/mol. The minimum atomic E-state index is -1.57. The molecule has 0 atom stereocenters. The Kier molecular flexibility index (Phi) is 5.82. The smallest absolute Gasteiger partial charge is 0.251 e.